The summed E-state index contributed by atoms with van der Waals surface area (Å²) in [6.07, 6.45) is 4.03. The molecule has 90 valence electrons. The number of likely N-dealkylation sites (tertiary alicyclic amines) is 1. The minimum atomic E-state index is 0.751. The second kappa shape index (κ2) is 7.20. The van der Waals surface area contributed by atoms with Crippen LogP contribution in [-0.4, -0.2) is 62.7 Å². The Balaban J connectivity index is 2.14. The third-order valence-electron chi connectivity index (χ3n) is 3.26. The summed E-state index contributed by atoms with van der Waals surface area (Å²) in [6.45, 7) is 8.32. The molecule has 1 rings (SSSR count). The Morgan fingerprint density at radius 2 is 2.07 bits per heavy atom. The Labute approximate surface area is 94.8 Å². The SMILES string of the molecule is CCN1CCCC(NCCN(C)C)CC1. The lowest BCUT2D eigenvalue weighted by atomic mass is 10.1. The normalized spacial score (nSPS) is 24.4. The number of hydrogen-bond acceptors (Lipinski definition) is 3. The van der Waals surface area contributed by atoms with Crippen molar-refractivity contribution in [1.82, 2.24) is 15.1 Å². The minimum Gasteiger partial charge on any atom is -0.313 e. The molecule has 0 saturated carbocycles. The number of hydrogen-bond donors (Lipinski definition) is 1. The summed E-state index contributed by atoms with van der Waals surface area (Å²) in [5.41, 5.74) is 0. The molecular weight excluding hydrogens is 186 g/mol. The van der Waals surface area contributed by atoms with Crippen molar-refractivity contribution in [2.45, 2.75) is 32.2 Å². The minimum absolute atomic E-state index is 0.751. The van der Waals surface area contributed by atoms with Crippen molar-refractivity contribution in [3.63, 3.8) is 0 Å². The Hall–Kier alpha value is -0.120. The van der Waals surface area contributed by atoms with E-state index in [2.05, 4.69) is 36.1 Å². The van der Waals surface area contributed by atoms with Gasteiger partial charge in [0.25, 0.3) is 0 Å². The standard InChI is InChI=1S/C12H27N3/c1-4-15-9-5-6-12(7-10-15)13-8-11-14(2)3/h12-13H,4-11H2,1-3H3. The van der Waals surface area contributed by atoms with Gasteiger partial charge in [0, 0.05) is 19.1 Å². The van der Waals surface area contributed by atoms with E-state index >= 15 is 0 Å². The van der Waals surface area contributed by atoms with Crippen LogP contribution in [-0.2, 0) is 0 Å². The molecule has 1 N–H and O–H groups in total. The maximum atomic E-state index is 3.67. The van der Waals surface area contributed by atoms with Crippen LogP contribution in [0.25, 0.3) is 0 Å². The highest BCUT2D eigenvalue weighted by atomic mass is 15.1. The zero-order valence-corrected chi connectivity index (χ0v) is 10.6. The van der Waals surface area contributed by atoms with E-state index in [0.717, 1.165) is 19.1 Å². The van der Waals surface area contributed by atoms with Gasteiger partial charge in [-0.25, -0.2) is 0 Å². The molecule has 1 saturated heterocycles. The van der Waals surface area contributed by atoms with Crippen LogP contribution in [0.1, 0.15) is 26.2 Å². The monoisotopic (exact) mass is 213 g/mol. The summed E-state index contributed by atoms with van der Waals surface area (Å²) < 4.78 is 0. The fourth-order valence-electron chi connectivity index (χ4n) is 2.17. The van der Waals surface area contributed by atoms with Crippen molar-refractivity contribution < 1.29 is 0 Å². The van der Waals surface area contributed by atoms with Gasteiger partial charge in [-0.05, 0) is 53.0 Å². The van der Waals surface area contributed by atoms with Crippen molar-refractivity contribution in [1.29, 1.82) is 0 Å². The Kier molecular flexibility index (Phi) is 6.22. The molecule has 3 nitrogen and oxygen atoms in total. The molecule has 0 spiro atoms. The first-order chi connectivity index (χ1) is 7.22. The topological polar surface area (TPSA) is 18.5 Å². The molecule has 0 aromatic heterocycles. The van der Waals surface area contributed by atoms with Gasteiger partial charge in [0.15, 0.2) is 0 Å². The van der Waals surface area contributed by atoms with Crippen molar-refractivity contribution in [2.24, 2.45) is 0 Å². The molecule has 0 bridgehead atoms. The third-order valence-corrected chi connectivity index (χ3v) is 3.26. The highest BCUT2D eigenvalue weighted by Crippen LogP contribution is 2.10. The highest BCUT2D eigenvalue weighted by molar-refractivity contribution is 4.74. The molecule has 0 aromatic rings. The number of likely N-dealkylation sites (N-methyl/N-ethyl adjacent to an activating group) is 1. The highest BCUT2D eigenvalue weighted by Gasteiger charge is 2.14. The van der Waals surface area contributed by atoms with Crippen LogP contribution in [0.4, 0.5) is 0 Å². The van der Waals surface area contributed by atoms with Crippen molar-refractivity contribution >= 4 is 0 Å². The molecule has 0 amide bonds. The molecule has 0 radical (unpaired) electrons. The fraction of sp³-hybridized carbons (Fsp3) is 1.00. The van der Waals surface area contributed by atoms with Gasteiger partial charge >= 0.3 is 0 Å². The van der Waals surface area contributed by atoms with E-state index in [-0.39, 0.29) is 0 Å². The van der Waals surface area contributed by atoms with Gasteiger partial charge in [0.2, 0.25) is 0 Å². The van der Waals surface area contributed by atoms with Crippen LogP contribution in [0.15, 0.2) is 0 Å². The van der Waals surface area contributed by atoms with Crippen LogP contribution in [0, 0.1) is 0 Å². The molecule has 1 unspecified atom stereocenters. The maximum Gasteiger partial charge on any atom is 0.0101 e. The second-order valence-electron chi connectivity index (χ2n) is 4.82. The second-order valence-corrected chi connectivity index (χ2v) is 4.82. The van der Waals surface area contributed by atoms with Gasteiger partial charge in [-0.15, -0.1) is 0 Å². The van der Waals surface area contributed by atoms with Crippen LogP contribution >= 0.6 is 0 Å². The average molecular weight is 213 g/mol. The lowest BCUT2D eigenvalue weighted by Crippen LogP contribution is -2.35. The van der Waals surface area contributed by atoms with Gasteiger partial charge in [0.1, 0.15) is 0 Å². The van der Waals surface area contributed by atoms with Gasteiger partial charge in [-0.2, -0.15) is 0 Å². The number of rotatable bonds is 5. The van der Waals surface area contributed by atoms with E-state index in [9.17, 15) is 0 Å². The molecular formula is C12H27N3. The zero-order chi connectivity index (χ0) is 11.1. The lowest BCUT2D eigenvalue weighted by molar-refractivity contribution is 0.296. The molecule has 1 atom stereocenters. The average Bonchev–Trinajstić information content (AvgIpc) is 2.42. The largest absolute Gasteiger partial charge is 0.313 e. The fourth-order valence-corrected chi connectivity index (χ4v) is 2.17. The zero-order valence-electron chi connectivity index (χ0n) is 10.6. The number of nitrogens with zero attached hydrogens (tertiary/aromatic N) is 2. The van der Waals surface area contributed by atoms with E-state index in [0.29, 0.717) is 0 Å². The third kappa shape index (κ3) is 5.50. The molecule has 3 heteroatoms. The van der Waals surface area contributed by atoms with Crippen LogP contribution in [0.3, 0.4) is 0 Å². The Bertz CT molecular complexity index is 159. The predicted octanol–water partition coefficient (Wildman–Crippen LogP) is 1.01. The van der Waals surface area contributed by atoms with Crippen molar-refractivity contribution in [3.05, 3.63) is 0 Å². The quantitative estimate of drug-likeness (QED) is 0.735. The van der Waals surface area contributed by atoms with Gasteiger partial charge in [-0.3, -0.25) is 0 Å². The summed E-state index contributed by atoms with van der Waals surface area (Å²) in [4.78, 5) is 4.80. The molecule has 15 heavy (non-hydrogen) atoms. The first-order valence-electron chi connectivity index (χ1n) is 6.33. The molecule has 1 aliphatic heterocycles. The van der Waals surface area contributed by atoms with E-state index in [4.69, 9.17) is 0 Å². The molecule has 1 aliphatic rings. The summed E-state index contributed by atoms with van der Waals surface area (Å²) in [5, 5.41) is 3.67. The summed E-state index contributed by atoms with van der Waals surface area (Å²) >= 11 is 0. The summed E-state index contributed by atoms with van der Waals surface area (Å²) in [5.74, 6) is 0. The lowest BCUT2D eigenvalue weighted by Gasteiger charge is -2.19. The summed E-state index contributed by atoms with van der Waals surface area (Å²) in [6, 6.07) is 0.751. The molecule has 1 heterocycles. The van der Waals surface area contributed by atoms with Gasteiger partial charge in [-0.1, -0.05) is 6.92 Å². The first kappa shape index (κ1) is 12.9. The summed E-state index contributed by atoms with van der Waals surface area (Å²) in [7, 11) is 4.27. The molecule has 0 aromatic carbocycles. The van der Waals surface area contributed by atoms with Gasteiger partial charge < -0.3 is 15.1 Å². The Morgan fingerprint density at radius 3 is 2.73 bits per heavy atom. The molecule has 1 fully saturated rings. The van der Waals surface area contributed by atoms with Crippen LogP contribution in [0.5, 0.6) is 0 Å². The van der Waals surface area contributed by atoms with Crippen molar-refractivity contribution in [2.75, 3.05) is 46.8 Å². The van der Waals surface area contributed by atoms with Gasteiger partial charge in [0.05, 0.1) is 0 Å². The molecule has 0 aliphatic carbocycles. The number of nitrogens with one attached hydrogen (secondary N) is 1. The predicted molar refractivity (Wildman–Crippen MR) is 66.3 cm³/mol. The van der Waals surface area contributed by atoms with E-state index in [1.807, 2.05) is 0 Å². The van der Waals surface area contributed by atoms with E-state index in [1.165, 1.54) is 38.9 Å². The first-order valence-corrected chi connectivity index (χ1v) is 6.33. The van der Waals surface area contributed by atoms with E-state index < -0.39 is 0 Å². The smallest absolute Gasteiger partial charge is 0.0101 e. The van der Waals surface area contributed by atoms with Crippen LogP contribution < -0.4 is 5.32 Å². The van der Waals surface area contributed by atoms with Crippen molar-refractivity contribution in [3.8, 4) is 0 Å². The maximum absolute atomic E-state index is 3.67. The van der Waals surface area contributed by atoms with E-state index in [1.54, 1.807) is 0 Å². The van der Waals surface area contributed by atoms with Crippen LogP contribution in [0.2, 0.25) is 0 Å². The Morgan fingerprint density at radius 1 is 1.27 bits per heavy atom.